The van der Waals surface area contributed by atoms with Gasteiger partial charge in [-0.25, -0.2) is 0 Å². The van der Waals surface area contributed by atoms with Crippen molar-refractivity contribution in [2.75, 3.05) is 20.2 Å². The largest absolute Gasteiger partial charge is 0.377 e. The van der Waals surface area contributed by atoms with Gasteiger partial charge in [0.2, 0.25) is 5.89 Å². The van der Waals surface area contributed by atoms with Gasteiger partial charge in [0.15, 0.2) is 5.82 Å². The SMILES string of the molecule is COCc1noc(CN2C[C@H]3C[C@@H](C2)[C@H](Cc2ccccc2)n2c3cccc2=O)n1. The number of benzene rings is 1. The average Bonchev–Trinajstić information content (AvgIpc) is 3.19. The van der Waals surface area contributed by atoms with E-state index in [1.807, 2.05) is 12.1 Å². The van der Waals surface area contributed by atoms with Crippen molar-refractivity contribution < 1.29 is 9.26 Å². The molecule has 0 N–H and O–H groups in total. The second-order valence-corrected chi connectivity index (χ2v) is 8.34. The summed E-state index contributed by atoms with van der Waals surface area (Å²) >= 11 is 0. The van der Waals surface area contributed by atoms with Gasteiger partial charge in [-0.15, -0.1) is 0 Å². The molecule has 1 fully saturated rings. The maximum absolute atomic E-state index is 12.8. The van der Waals surface area contributed by atoms with Gasteiger partial charge >= 0.3 is 0 Å². The summed E-state index contributed by atoms with van der Waals surface area (Å²) in [4.78, 5) is 19.7. The van der Waals surface area contributed by atoms with E-state index in [9.17, 15) is 4.79 Å². The molecule has 30 heavy (non-hydrogen) atoms. The number of aromatic nitrogens is 3. The third-order valence-electron chi connectivity index (χ3n) is 6.30. The molecule has 2 bridgehead atoms. The van der Waals surface area contributed by atoms with Gasteiger partial charge < -0.3 is 13.8 Å². The monoisotopic (exact) mass is 406 g/mol. The quantitative estimate of drug-likeness (QED) is 0.627. The Morgan fingerprint density at radius 3 is 2.83 bits per heavy atom. The summed E-state index contributed by atoms with van der Waals surface area (Å²) in [6, 6.07) is 16.3. The molecule has 5 rings (SSSR count). The first-order chi connectivity index (χ1) is 14.7. The molecule has 1 saturated heterocycles. The first-order valence-corrected chi connectivity index (χ1v) is 10.5. The van der Waals surface area contributed by atoms with Crippen LogP contribution in [0.4, 0.5) is 0 Å². The fraction of sp³-hybridized carbons (Fsp3) is 0.435. The molecule has 2 aromatic heterocycles. The minimum Gasteiger partial charge on any atom is -0.377 e. The highest BCUT2D eigenvalue weighted by atomic mass is 16.5. The van der Waals surface area contributed by atoms with Gasteiger partial charge in [-0.1, -0.05) is 41.6 Å². The lowest BCUT2D eigenvalue weighted by Crippen LogP contribution is -2.49. The van der Waals surface area contributed by atoms with E-state index in [2.05, 4.69) is 49.9 Å². The lowest BCUT2D eigenvalue weighted by atomic mass is 9.76. The van der Waals surface area contributed by atoms with Gasteiger partial charge in [0.25, 0.3) is 5.56 Å². The van der Waals surface area contributed by atoms with Crippen LogP contribution in [-0.4, -0.2) is 39.8 Å². The Labute approximate surface area is 175 Å². The molecular weight excluding hydrogens is 380 g/mol. The Kier molecular flexibility index (Phi) is 5.23. The molecule has 0 amide bonds. The highest BCUT2D eigenvalue weighted by Crippen LogP contribution is 2.42. The minimum absolute atomic E-state index is 0.109. The predicted molar refractivity (Wildman–Crippen MR) is 111 cm³/mol. The standard InChI is InChI=1S/C23H26N4O3/c1-29-15-21-24-22(30-25-21)14-26-12-17-11-18(13-26)20(10-16-6-3-2-4-7-16)27-19(17)8-5-9-23(27)28/h2-9,17-18,20H,10-15H2,1H3/t17-,18+,20+/m1/s1. The molecule has 0 saturated carbocycles. The number of methoxy groups -OCH3 is 1. The second kappa shape index (κ2) is 8.16. The van der Waals surface area contributed by atoms with Crippen LogP contribution < -0.4 is 5.56 Å². The molecule has 156 valence electrons. The Morgan fingerprint density at radius 2 is 2.00 bits per heavy atom. The zero-order chi connectivity index (χ0) is 20.5. The van der Waals surface area contributed by atoms with Gasteiger partial charge in [0.05, 0.1) is 6.54 Å². The van der Waals surface area contributed by atoms with Crippen LogP contribution in [0.2, 0.25) is 0 Å². The summed E-state index contributed by atoms with van der Waals surface area (Å²) in [5.74, 6) is 1.93. The summed E-state index contributed by atoms with van der Waals surface area (Å²) in [7, 11) is 1.62. The van der Waals surface area contributed by atoms with Crippen LogP contribution in [0.15, 0.2) is 57.8 Å². The van der Waals surface area contributed by atoms with Gasteiger partial charge in [0, 0.05) is 43.9 Å². The van der Waals surface area contributed by atoms with Crippen LogP contribution in [0.25, 0.3) is 0 Å². The number of fused-ring (bicyclic) bond motifs is 4. The third kappa shape index (κ3) is 3.70. The Morgan fingerprint density at radius 1 is 1.13 bits per heavy atom. The molecule has 0 unspecified atom stereocenters. The van der Waals surface area contributed by atoms with Crippen molar-refractivity contribution in [2.24, 2.45) is 5.92 Å². The van der Waals surface area contributed by atoms with Gasteiger partial charge in [-0.2, -0.15) is 4.98 Å². The maximum atomic E-state index is 12.8. The van der Waals surface area contributed by atoms with E-state index in [1.54, 1.807) is 13.2 Å². The topological polar surface area (TPSA) is 73.4 Å². The molecule has 0 radical (unpaired) electrons. The van der Waals surface area contributed by atoms with Crippen molar-refractivity contribution in [3.05, 3.63) is 81.9 Å². The molecule has 0 spiro atoms. The zero-order valence-corrected chi connectivity index (χ0v) is 17.1. The molecule has 2 aliphatic heterocycles. The fourth-order valence-electron chi connectivity index (χ4n) is 5.12. The number of piperidine rings is 1. The molecule has 7 heteroatoms. The maximum Gasteiger partial charge on any atom is 0.251 e. The molecule has 1 aromatic carbocycles. The van der Waals surface area contributed by atoms with Crippen molar-refractivity contribution in [1.82, 2.24) is 19.6 Å². The summed E-state index contributed by atoms with van der Waals surface area (Å²) < 4.78 is 12.6. The molecule has 7 nitrogen and oxygen atoms in total. The average molecular weight is 406 g/mol. The number of hydrogen-bond donors (Lipinski definition) is 0. The van der Waals surface area contributed by atoms with Crippen LogP contribution in [0.3, 0.4) is 0 Å². The summed E-state index contributed by atoms with van der Waals surface area (Å²) in [5.41, 5.74) is 2.52. The van der Waals surface area contributed by atoms with Gasteiger partial charge in [-0.05, 0) is 30.4 Å². The summed E-state index contributed by atoms with van der Waals surface area (Å²) in [6.07, 6.45) is 1.97. The predicted octanol–water partition coefficient (Wildman–Crippen LogP) is 2.78. The van der Waals surface area contributed by atoms with E-state index in [1.165, 1.54) is 5.56 Å². The molecule has 3 atom stereocenters. The number of pyridine rings is 1. The highest BCUT2D eigenvalue weighted by Gasteiger charge is 2.40. The zero-order valence-electron chi connectivity index (χ0n) is 17.1. The van der Waals surface area contributed by atoms with Crippen LogP contribution in [0, 0.1) is 5.92 Å². The third-order valence-corrected chi connectivity index (χ3v) is 6.30. The summed E-state index contributed by atoms with van der Waals surface area (Å²) in [6.45, 7) is 2.78. The van der Waals surface area contributed by atoms with E-state index < -0.39 is 0 Å². The first kappa shape index (κ1) is 19.2. The van der Waals surface area contributed by atoms with E-state index in [-0.39, 0.29) is 11.6 Å². The van der Waals surface area contributed by atoms with E-state index >= 15 is 0 Å². The fourth-order valence-corrected chi connectivity index (χ4v) is 5.12. The van der Waals surface area contributed by atoms with Gasteiger partial charge in [0.1, 0.15) is 6.61 Å². The number of ether oxygens (including phenoxy) is 1. The highest BCUT2D eigenvalue weighted by molar-refractivity contribution is 5.22. The minimum atomic E-state index is 0.109. The Bertz CT molecular complexity index is 1060. The van der Waals surface area contributed by atoms with Crippen molar-refractivity contribution in [3.8, 4) is 0 Å². The molecular formula is C23H26N4O3. The summed E-state index contributed by atoms with van der Waals surface area (Å²) in [5, 5.41) is 3.98. The van der Waals surface area contributed by atoms with Crippen LogP contribution in [0.1, 0.15) is 41.4 Å². The Balaban J connectivity index is 1.43. The van der Waals surface area contributed by atoms with Gasteiger partial charge in [-0.3, -0.25) is 9.69 Å². The second-order valence-electron chi connectivity index (χ2n) is 8.34. The van der Waals surface area contributed by atoms with E-state index in [4.69, 9.17) is 9.26 Å². The van der Waals surface area contributed by atoms with E-state index in [0.29, 0.717) is 36.7 Å². The van der Waals surface area contributed by atoms with Crippen molar-refractivity contribution in [2.45, 2.75) is 38.0 Å². The molecule has 4 heterocycles. The van der Waals surface area contributed by atoms with E-state index in [0.717, 1.165) is 31.6 Å². The number of rotatable bonds is 6. The van der Waals surface area contributed by atoms with Crippen LogP contribution in [-0.2, 0) is 24.3 Å². The molecule has 0 aliphatic carbocycles. The van der Waals surface area contributed by atoms with Crippen LogP contribution in [0.5, 0.6) is 0 Å². The number of nitrogens with zero attached hydrogens (tertiary/aromatic N) is 4. The van der Waals surface area contributed by atoms with Crippen LogP contribution >= 0.6 is 0 Å². The van der Waals surface area contributed by atoms with Crippen molar-refractivity contribution >= 4 is 0 Å². The normalized spacial score (nSPS) is 23.3. The van der Waals surface area contributed by atoms with Crippen molar-refractivity contribution in [3.63, 3.8) is 0 Å². The molecule has 3 aromatic rings. The number of likely N-dealkylation sites (tertiary alicyclic amines) is 1. The lowest BCUT2D eigenvalue weighted by Gasteiger charge is -2.46. The Hall–Kier alpha value is -2.77. The first-order valence-electron chi connectivity index (χ1n) is 10.5. The smallest absolute Gasteiger partial charge is 0.251 e. The molecule has 2 aliphatic rings. The lowest BCUT2D eigenvalue weighted by molar-refractivity contribution is 0.0775. The van der Waals surface area contributed by atoms with Crippen molar-refractivity contribution in [1.29, 1.82) is 0 Å². The number of hydrogen-bond acceptors (Lipinski definition) is 6.